The van der Waals surface area contributed by atoms with Gasteiger partial charge in [-0.15, -0.1) is 0 Å². The zero-order valence-electron chi connectivity index (χ0n) is 11.1. The lowest BCUT2D eigenvalue weighted by molar-refractivity contribution is -0.120. The van der Waals surface area contributed by atoms with Crippen molar-refractivity contribution >= 4 is 5.91 Å². The second-order valence-corrected chi connectivity index (χ2v) is 4.59. The van der Waals surface area contributed by atoms with Crippen LogP contribution < -0.4 is 11.1 Å². The van der Waals surface area contributed by atoms with E-state index in [-0.39, 0.29) is 5.91 Å². The molecule has 5 heteroatoms. The lowest BCUT2D eigenvalue weighted by Gasteiger charge is -2.10. The number of carbonyl (C=O) groups excluding carboxylic acids is 1. The van der Waals surface area contributed by atoms with Crippen molar-refractivity contribution in [2.24, 2.45) is 18.7 Å². The fraction of sp³-hybridized carbons (Fsp3) is 0.667. The lowest BCUT2D eigenvalue weighted by atomic mass is 10.1. The second kappa shape index (κ2) is 5.82. The SMILES string of the molecule is Cc1nn(C)c(C)c1CC(=O)NCC(C)CN. The number of nitrogens with zero attached hydrogens (tertiary/aromatic N) is 2. The van der Waals surface area contributed by atoms with Crippen LogP contribution in [0.1, 0.15) is 23.9 Å². The van der Waals surface area contributed by atoms with Crippen LogP contribution in [0.4, 0.5) is 0 Å². The van der Waals surface area contributed by atoms with E-state index in [4.69, 9.17) is 5.73 Å². The highest BCUT2D eigenvalue weighted by Gasteiger charge is 2.13. The molecule has 0 aromatic carbocycles. The number of nitrogens with one attached hydrogen (secondary N) is 1. The minimum Gasteiger partial charge on any atom is -0.355 e. The molecule has 1 atom stereocenters. The Morgan fingerprint density at radius 1 is 1.53 bits per heavy atom. The molecule has 1 aromatic heterocycles. The van der Waals surface area contributed by atoms with Crippen molar-refractivity contribution in [3.8, 4) is 0 Å². The molecule has 17 heavy (non-hydrogen) atoms. The quantitative estimate of drug-likeness (QED) is 0.774. The van der Waals surface area contributed by atoms with Gasteiger partial charge >= 0.3 is 0 Å². The first-order valence-corrected chi connectivity index (χ1v) is 5.91. The van der Waals surface area contributed by atoms with Gasteiger partial charge in [-0.05, 0) is 26.3 Å². The highest BCUT2D eigenvalue weighted by atomic mass is 16.1. The maximum Gasteiger partial charge on any atom is 0.224 e. The molecule has 96 valence electrons. The Hall–Kier alpha value is -1.36. The number of aromatic nitrogens is 2. The Morgan fingerprint density at radius 2 is 2.18 bits per heavy atom. The third kappa shape index (κ3) is 3.56. The van der Waals surface area contributed by atoms with E-state index >= 15 is 0 Å². The standard InChI is InChI=1S/C12H22N4O/c1-8(6-13)7-14-12(17)5-11-9(2)15-16(4)10(11)3/h8H,5-7,13H2,1-4H3,(H,14,17). The highest BCUT2D eigenvalue weighted by Crippen LogP contribution is 2.12. The summed E-state index contributed by atoms with van der Waals surface area (Å²) in [5.41, 5.74) is 8.49. The van der Waals surface area contributed by atoms with Crippen LogP contribution in [-0.4, -0.2) is 28.8 Å². The number of aryl methyl sites for hydroxylation is 2. The Kier molecular flexibility index (Phi) is 4.69. The largest absolute Gasteiger partial charge is 0.355 e. The first-order chi connectivity index (χ1) is 7.95. The molecule has 0 aliphatic rings. The molecule has 5 nitrogen and oxygen atoms in total. The van der Waals surface area contributed by atoms with E-state index in [1.165, 1.54) is 0 Å². The van der Waals surface area contributed by atoms with Crippen molar-refractivity contribution in [2.45, 2.75) is 27.2 Å². The predicted octanol–water partition coefficient (Wildman–Crippen LogP) is 0.290. The van der Waals surface area contributed by atoms with Gasteiger partial charge in [0.05, 0.1) is 12.1 Å². The van der Waals surface area contributed by atoms with Crippen LogP contribution in [0.5, 0.6) is 0 Å². The molecule has 0 spiro atoms. The molecule has 0 fully saturated rings. The fourth-order valence-electron chi connectivity index (χ4n) is 1.67. The number of hydrogen-bond donors (Lipinski definition) is 2. The van der Waals surface area contributed by atoms with E-state index in [1.54, 1.807) is 4.68 Å². The van der Waals surface area contributed by atoms with Gasteiger partial charge in [0.2, 0.25) is 5.91 Å². The molecular formula is C12H22N4O. The molecule has 1 heterocycles. The minimum absolute atomic E-state index is 0.0319. The average Bonchev–Trinajstić information content (AvgIpc) is 2.53. The Bertz CT molecular complexity index is 397. The van der Waals surface area contributed by atoms with E-state index < -0.39 is 0 Å². The van der Waals surface area contributed by atoms with E-state index in [0.29, 0.717) is 25.4 Å². The summed E-state index contributed by atoms with van der Waals surface area (Å²) in [5, 5.41) is 7.18. The molecule has 0 saturated carbocycles. The Labute approximate surface area is 102 Å². The molecule has 1 aromatic rings. The average molecular weight is 238 g/mol. The summed E-state index contributed by atoms with van der Waals surface area (Å²) < 4.78 is 1.81. The third-order valence-electron chi connectivity index (χ3n) is 3.05. The topological polar surface area (TPSA) is 72.9 Å². The maximum atomic E-state index is 11.8. The number of nitrogens with two attached hydrogens (primary N) is 1. The first-order valence-electron chi connectivity index (χ1n) is 5.91. The summed E-state index contributed by atoms with van der Waals surface area (Å²) >= 11 is 0. The van der Waals surface area contributed by atoms with Crippen LogP contribution in [0, 0.1) is 19.8 Å². The Morgan fingerprint density at radius 3 is 2.65 bits per heavy atom. The van der Waals surface area contributed by atoms with Gasteiger partial charge in [0.25, 0.3) is 0 Å². The molecule has 3 N–H and O–H groups in total. The Balaban J connectivity index is 2.56. The summed E-state index contributed by atoms with van der Waals surface area (Å²) in [6.07, 6.45) is 0.392. The van der Waals surface area contributed by atoms with Gasteiger partial charge in [0.15, 0.2) is 0 Å². The monoisotopic (exact) mass is 238 g/mol. The van der Waals surface area contributed by atoms with E-state index in [0.717, 1.165) is 17.0 Å². The van der Waals surface area contributed by atoms with Crippen LogP contribution in [-0.2, 0) is 18.3 Å². The van der Waals surface area contributed by atoms with Crippen molar-refractivity contribution in [3.63, 3.8) is 0 Å². The van der Waals surface area contributed by atoms with E-state index in [9.17, 15) is 4.79 Å². The molecular weight excluding hydrogens is 216 g/mol. The third-order valence-corrected chi connectivity index (χ3v) is 3.05. The van der Waals surface area contributed by atoms with Crippen LogP contribution in [0.15, 0.2) is 0 Å². The van der Waals surface area contributed by atoms with Crippen molar-refractivity contribution in [2.75, 3.05) is 13.1 Å². The van der Waals surface area contributed by atoms with Crippen molar-refractivity contribution < 1.29 is 4.79 Å². The van der Waals surface area contributed by atoms with Gasteiger partial charge in [-0.3, -0.25) is 9.48 Å². The molecule has 0 saturated heterocycles. The second-order valence-electron chi connectivity index (χ2n) is 4.59. The maximum absolute atomic E-state index is 11.8. The van der Waals surface area contributed by atoms with Crippen molar-refractivity contribution in [3.05, 3.63) is 17.0 Å². The number of carbonyl (C=O) groups is 1. The molecule has 0 bridgehead atoms. The van der Waals surface area contributed by atoms with Gasteiger partial charge in [-0.25, -0.2) is 0 Å². The van der Waals surface area contributed by atoms with Crippen LogP contribution in [0.2, 0.25) is 0 Å². The predicted molar refractivity (Wildman–Crippen MR) is 67.6 cm³/mol. The highest BCUT2D eigenvalue weighted by molar-refractivity contribution is 5.79. The number of rotatable bonds is 5. The molecule has 0 aliphatic heterocycles. The summed E-state index contributed by atoms with van der Waals surface area (Å²) in [6.45, 7) is 7.14. The zero-order valence-corrected chi connectivity index (χ0v) is 11.1. The number of hydrogen-bond acceptors (Lipinski definition) is 3. The summed E-state index contributed by atoms with van der Waals surface area (Å²) in [4.78, 5) is 11.8. The van der Waals surface area contributed by atoms with Crippen LogP contribution in [0.25, 0.3) is 0 Å². The smallest absolute Gasteiger partial charge is 0.224 e. The molecule has 0 radical (unpaired) electrons. The normalized spacial score (nSPS) is 12.5. The van der Waals surface area contributed by atoms with Gasteiger partial charge in [0, 0.05) is 24.8 Å². The van der Waals surface area contributed by atoms with Crippen molar-refractivity contribution in [1.29, 1.82) is 0 Å². The molecule has 1 amide bonds. The number of amides is 1. The van der Waals surface area contributed by atoms with E-state index in [2.05, 4.69) is 10.4 Å². The van der Waals surface area contributed by atoms with Gasteiger partial charge < -0.3 is 11.1 Å². The summed E-state index contributed by atoms with van der Waals surface area (Å²) in [6, 6.07) is 0. The van der Waals surface area contributed by atoms with Gasteiger partial charge in [-0.1, -0.05) is 6.92 Å². The first kappa shape index (κ1) is 13.7. The zero-order chi connectivity index (χ0) is 13.0. The van der Waals surface area contributed by atoms with Crippen molar-refractivity contribution in [1.82, 2.24) is 15.1 Å². The summed E-state index contributed by atoms with van der Waals surface area (Å²) in [5.74, 6) is 0.347. The van der Waals surface area contributed by atoms with Crippen LogP contribution >= 0.6 is 0 Å². The van der Waals surface area contributed by atoms with E-state index in [1.807, 2.05) is 27.8 Å². The van der Waals surface area contributed by atoms with Gasteiger partial charge in [-0.2, -0.15) is 5.10 Å². The molecule has 1 unspecified atom stereocenters. The van der Waals surface area contributed by atoms with Gasteiger partial charge in [0.1, 0.15) is 0 Å². The van der Waals surface area contributed by atoms with Crippen LogP contribution in [0.3, 0.4) is 0 Å². The fourth-order valence-corrected chi connectivity index (χ4v) is 1.67. The molecule has 1 rings (SSSR count). The minimum atomic E-state index is 0.0319. The summed E-state index contributed by atoms with van der Waals surface area (Å²) in [7, 11) is 1.89. The lowest BCUT2D eigenvalue weighted by Crippen LogP contribution is -2.32. The molecule has 0 aliphatic carbocycles.